The molecule has 1 aromatic rings. The molecule has 0 amide bonds. The van der Waals surface area contributed by atoms with E-state index in [1.807, 2.05) is 7.05 Å². The number of ketones is 1. The summed E-state index contributed by atoms with van der Waals surface area (Å²) >= 11 is 0. The number of aryl methyl sites for hydroxylation is 1. The van der Waals surface area contributed by atoms with Crippen LogP contribution in [-0.2, 0) is 18.3 Å². The van der Waals surface area contributed by atoms with E-state index < -0.39 is 0 Å². The van der Waals surface area contributed by atoms with Crippen LogP contribution in [0.25, 0.3) is 0 Å². The molecule has 4 heteroatoms. The summed E-state index contributed by atoms with van der Waals surface area (Å²) in [5.74, 6) is 2.10. The molecule has 1 fully saturated rings. The Balaban J connectivity index is 1.88. The lowest BCUT2D eigenvalue weighted by Crippen LogP contribution is -2.29. The van der Waals surface area contributed by atoms with Crippen LogP contribution in [0.15, 0.2) is 6.33 Å². The largest absolute Gasteiger partial charge is 0.299 e. The summed E-state index contributed by atoms with van der Waals surface area (Å²) in [6, 6.07) is 0. The molecule has 1 aliphatic rings. The van der Waals surface area contributed by atoms with E-state index >= 15 is 0 Å². The van der Waals surface area contributed by atoms with Crippen LogP contribution in [0.4, 0.5) is 0 Å². The summed E-state index contributed by atoms with van der Waals surface area (Å²) in [6.07, 6.45) is 6.38. The Morgan fingerprint density at radius 2 is 1.95 bits per heavy atom. The van der Waals surface area contributed by atoms with Gasteiger partial charge in [-0.2, -0.15) is 5.10 Å². The van der Waals surface area contributed by atoms with Gasteiger partial charge in [0.1, 0.15) is 17.9 Å². The van der Waals surface area contributed by atoms with Gasteiger partial charge in [-0.25, -0.2) is 4.98 Å². The fraction of sp³-hybridized carbons (Fsp3) is 0.800. The lowest BCUT2D eigenvalue weighted by molar-refractivity contribution is -0.123. The Hall–Kier alpha value is -1.19. The van der Waals surface area contributed by atoms with Crippen LogP contribution in [0.5, 0.6) is 0 Å². The monoisotopic (exact) mass is 263 g/mol. The third-order valence-corrected chi connectivity index (χ3v) is 4.54. The average molecular weight is 263 g/mol. The van der Waals surface area contributed by atoms with E-state index in [0.29, 0.717) is 17.6 Å². The molecule has 0 saturated heterocycles. The number of rotatable bonds is 3. The average Bonchev–Trinajstić information content (AvgIpc) is 2.74. The lowest BCUT2D eigenvalue weighted by atomic mass is 9.69. The highest BCUT2D eigenvalue weighted by Crippen LogP contribution is 2.40. The molecule has 0 N–H and O–H groups in total. The van der Waals surface area contributed by atoms with Gasteiger partial charge in [-0.3, -0.25) is 9.48 Å². The molecule has 0 radical (unpaired) electrons. The molecule has 1 aliphatic carbocycles. The van der Waals surface area contributed by atoms with Gasteiger partial charge in [0.15, 0.2) is 0 Å². The molecule has 0 bridgehead atoms. The molecule has 0 aliphatic heterocycles. The van der Waals surface area contributed by atoms with Gasteiger partial charge in [-0.15, -0.1) is 0 Å². The SMILES string of the molecule is Cn1ncnc1CC(=O)C1CCC(C(C)(C)C)CC1. The van der Waals surface area contributed by atoms with Crippen molar-refractivity contribution in [1.29, 1.82) is 0 Å². The third-order valence-electron chi connectivity index (χ3n) is 4.54. The summed E-state index contributed by atoms with van der Waals surface area (Å²) in [5.41, 5.74) is 0.373. The Morgan fingerprint density at radius 3 is 2.42 bits per heavy atom. The number of aromatic nitrogens is 3. The number of hydrogen-bond donors (Lipinski definition) is 0. The van der Waals surface area contributed by atoms with Gasteiger partial charge in [-0.1, -0.05) is 20.8 Å². The van der Waals surface area contributed by atoms with Crippen molar-refractivity contribution in [1.82, 2.24) is 14.8 Å². The molecule has 106 valence electrons. The fourth-order valence-electron chi connectivity index (χ4n) is 3.06. The number of carbonyl (C=O) groups is 1. The van der Waals surface area contributed by atoms with Crippen LogP contribution in [0, 0.1) is 17.3 Å². The van der Waals surface area contributed by atoms with E-state index in [4.69, 9.17) is 0 Å². The zero-order valence-electron chi connectivity index (χ0n) is 12.5. The van der Waals surface area contributed by atoms with E-state index in [-0.39, 0.29) is 5.92 Å². The first-order valence-electron chi connectivity index (χ1n) is 7.23. The lowest BCUT2D eigenvalue weighted by Gasteiger charge is -2.36. The molecule has 0 atom stereocenters. The molecular formula is C15H25N3O. The summed E-state index contributed by atoms with van der Waals surface area (Å²) in [7, 11) is 1.84. The van der Waals surface area contributed by atoms with E-state index in [0.717, 1.165) is 24.6 Å². The molecular weight excluding hydrogens is 238 g/mol. The minimum Gasteiger partial charge on any atom is -0.299 e. The van der Waals surface area contributed by atoms with Gasteiger partial charge in [-0.05, 0) is 37.0 Å². The zero-order valence-corrected chi connectivity index (χ0v) is 12.5. The Morgan fingerprint density at radius 1 is 1.32 bits per heavy atom. The summed E-state index contributed by atoms with van der Waals surface area (Å²) < 4.78 is 1.69. The molecule has 0 unspecified atom stereocenters. The maximum Gasteiger partial charge on any atom is 0.143 e. The fourth-order valence-corrected chi connectivity index (χ4v) is 3.06. The highest BCUT2D eigenvalue weighted by atomic mass is 16.1. The number of hydrogen-bond acceptors (Lipinski definition) is 3. The minimum atomic E-state index is 0.232. The summed E-state index contributed by atoms with van der Waals surface area (Å²) in [6.45, 7) is 6.91. The molecule has 2 rings (SSSR count). The first kappa shape index (κ1) is 14.2. The quantitative estimate of drug-likeness (QED) is 0.842. The topological polar surface area (TPSA) is 47.8 Å². The number of carbonyl (C=O) groups excluding carboxylic acids is 1. The van der Waals surface area contributed by atoms with Gasteiger partial charge in [0.2, 0.25) is 0 Å². The highest BCUT2D eigenvalue weighted by Gasteiger charge is 2.32. The molecule has 0 spiro atoms. The van der Waals surface area contributed by atoms with Crippen LogP contribution in [0.3, 0.4) is 0 Å². The predicted octanol–water partition coefficient (Wildman–Crippen LogP) is 2.78. The van der Waals surface area contributed by atoms with Crippen molar-refractivity contribution in [3.8, 4) is 0 Å². The maximum atomic E-state index is 12.3. The molecule has 4 nitrogen and oxygen atoms in total. The van der Waals surface area contributed by atoms with E-state index in [9.17, 15) is 4.79 Å². The summed E-state index contributed by atoms with van der Waals surface area (Å²) in [4.78, 5) is 16.4. The van der Waals surface area contributed by atoms with E-state index in [2.05, 4.69) is 30.9 Å². The minimum absolute atomic E-state index is 0.232. The van der Waals surface area contributed by atoms with Gasteiger partial charge >= 0.3 is 0 Å². The smallest absolute Gasteiger partial charge is 0.143 e. The molecule has 19 heavy (non-hydrogen) atoms. The van der Waals surface area contributed by atoms with Crippen LogP contribution in [0.1, 0.15) is 52.3 Å². The first-order chi connectivity index (χ1) is 8.88. The van der Waals surface area contributed by atoms with Gasteiger partial charge in [0.05, 0.1) is 6.42 Å². The van der Waals surface area contributed by atoms with Crippen LogP contribution in [-0.4, -0.2) is 20.5 Å². The van der Waals surface area contributed by atoms with Gasteiger partial charge in [0, 0.05) is 13.0 Å². The Bertz CT molecular complexity index is 436. The van der Waals surface area contributed by atoms with E-state index in [1.54, 1.807) is 4.68 Å². The highest BCUT2D eigenvalue weighted by molar-refractivity contribution is 5.82. The normalized spacial score (nSPS) is 24.4. The molecule has 1 saturated carbocycles. The van der Waals surface area contributed by atoms with Crippen LogP contribution >= 0.6 is 0 Å². The standard InChI is InChI=1S/C15H25N3O/c1-15(2,3)12-7-5-11(6-8-12)13(19)9-14-16-10-17-18(14)4/h10-12H,5-9H2,1-4H3. The van der Waals surface area contributed by atoms with Crippen molar-refractivity contribution in [3.63, 3.8) is 0 Å². The van der Waals surface area contributed by atoms with Crippen molar-refractivity contribution < 1.29 is 4.79 Å². The second-order valence-corrected chi connectivity index (χ2v) is 6.86. The van der Waals surface area contributed by atoms with Crippen molar-refractivity contribution in [3.05, 3.63) is 12.2 Å². The molecule has 0 aromatic carbocycles. The first-order valence-corrected chi connectivity index (χ1v) is 7.23. The van der Waals surface area contributed by atoms with E-state index in [1.165, 1.54) is 19.2 Å². The second kappa shape index (κ2) is 5.43. The van der Waals surface area contributed by atoms with Crippen LogP contribution in [0.2, 0.25) is 0 Å². The molecule has 1 aromatic heterocycles. The summed E-state index contributed by atoms with van der Waals surface area (Å²) in [5, 5.41) is 4.01. The zero-order chi connectivity index (χ0) is 14.0. The molecule has 1 heterocycles. The van der Waals surface area contributed by atoms with Crippen molar-refractivity contribution in [2.75, 3.05) is 0 Å². The Kier molecular flexibility index (Phi) is 4.07. The van der Waals surface area contributed by atoms with Gasteiger partial charge < -0.3 is 0 Å². The van der Waals surface area contributed by atoms with Crippen molar-refractivity contribution in [2.45, 2.75) is 52.9 Å². The number of nitrogens with zero attached hydrogens (tertiary/aromatic N) is 3. The second-order valence-electron chi connectivity index (χ2n) is 6.86. The Labute approximate surface area is 115 Å². The van der Waals surface area contributed by atoms with Gasteiger partial charge in [0.25, 0.3) is 0 Å². The van der Waals surface area contributed by atoms with Crippen molar-refractivity contribution in [2.24, 2.45) is 24.3 Å². The van der Waals surface area contributed by atoms with Crippen LogP contribution < -0.4 is 0 Å². The predicted molar refractivity (Wildman–Crippen MR) is 74.6 cm³/mol. The maximum absolute atomic E-state index is 12.3. The van der Waals surface area contributed by atoms with Crippen molar-refractivity contribution >= 4 is 5.78 Å². The third kappa shape index (κ3) is 3.43. The number of Topliss-reactive ketones (excluding diaryl/α,β-unsaturated/α-hetero) is 1.